The van der Waals surface area contributed by atoms with Crippen molar-refractivity contribution in [3.8, 4) is 17.0 Å². The van der Waals surface area contributed by atoms with E-state index >= 15 is 0 Å². The van der Waals surface area contributed by atoms with E-state index in [9.17, 15) is 9.90 Å². The predicted octanol–water partition coefficient (Wildman–Crippen LogP) is 5.88. The summed E-state index contributed by atoms with van der Waals surface area (Å²) in [5.74, 6) is 1.20. The smallest absolute Gasteiger partial charge is 0.253 e. The Morgan fingerprint density at radius 1 is 1.07 bits per heavy atom. The van der Waals surface area contributed by atoms with E-state index in [1.165, 1.54) is 0 Å². The third kappa shape index (κ3) is 5.68. The van der Waals surface area contributed by atoms with Gasteiger partial charge in [-0.15, -0.1) is 0 Å². The molecule has 236 valence electrons. The van der Waals surface area contributed by atoms with Gasteiger partial charge in [0.05, 0.1) is 43.2 Å². The van der Waals surface area contributed by atoms with E-state index in [0.29, 0.717) is 53.1 Å². The summed E-state index contributed by atoms with van der Waals surface area (Å²) < 4.78 is 11.2. The first-order chi connectivity index (χ1) is 21.3. The molecule has 10 nitrogen and oxygen atoms in total. The first-order valence-electron chi connectivity index (χ1n) is 15.5. The van der Waals surface area contributed by atoms with Gasteiger partial charge in [-0.2, -0.15) is 0 Å². The number of aliphatic hydroxyl groups excluding tert-OH is 1. The van der Waals surface area contributed by atoms with Crippen molar-refractivity contribution in [3.05, 3.63) is 58.6 Å². The zero-order valence-corrected chi connectivity index (χ0v) is 27.2. The van der Waals surface area contributed by atoms with E-state index < -0.39 is 0 Å². The van der Waals surface area contributed by atoms with Gasteiger partial charge in [-0.3, -0.25) is 9.69 Å². The summed E-state index contributed by atoms with van der Waals surface area (Å²) in [6, 6.07) is 10.4. The van der Waals surface area contributed by atoms with Crippen molar-refractivity contribution < 1.29 is 19.4 Å². The van der Waals surface area contributed by atoms with E-state index in [2.05, 4.69) is 36.7 Å². The zero-order valence-electron chi connectivity index (χ0n) is 27.2. The lowest BCUT2D eigenvalue weighted by molar-refractivity contribution is -0.0746. The Bertz CT molecular complexity index is 1850. The number of aliphatic hydroxyl groups is 1. The van der Waals surface area contributed by atoms with E-state index in [4.69, 9.17) is 24.9 Å². The second-order valence-electron chi connectivity index (χ2n) is 13.2. The predicted molar refractivity (Wildman–Crippen MR) is 178 cm³/mol. The summed E-state index contributed by atoms with van der Waals surface area (Å²) >= 11 is 0. The highest BCUT2D eigenvalue weighted by atomic mass is 16.5. The van der Waals surface area contributed by atoms with Crippen molar-refractivity contribution in [2.45, 2.75) is 53.0 Å². The van der Waals surface area contributed by atoms with E-state index in [1.54, 1.807) is 21.0 Å². The van der Waals surface area contributed by atoms with Gasteiger partial charge in [0, 0.05) is 65.1 Å². The van der Waals surface area contributed by atoms with E-state index in [1.807, 2.05) is 36.1 Å². The van der Waals surface area contributed by atoms with Gasteiger partial charge in [-0.25, -0.2) is 9.97 Å². The quantitative estimate of drug-likeness (QED) is 0.184. The molecule has 3 N–H and O–H groups in total. The standard InChI is InChI=1S/C35H42N6O4/c1-19(36)30(20(2)42)27-15-28-26(16-29(27)44-7)31-32(37-21(3)38-33(31)39-28)22-12-23(14-24(13-22)35(4,5)6)34(43)41-10-8-40(9-11-41)25-17-45-18-25/h12-16,25,36,42H,8-11,17-18H2,1-7H3,(H,37,38,39)/b30-20+,36-19?. The number of allylic oxidation sites excluding steroid dienone is 2. The minimum Gasteiger partial charge on any atom is -0.512 e. The first-order valence-corrected chi connectivity index (χ1v) is 15.5. The highest BCUT2D eigenvalue weighted by Gasteiger charge is 2.31. The van der Waals surface area contributed by atoms with Gasteiger partial charge in [-0.1, -0.05) is 20.8 Å². The van der Waals surface area contributed by atoms with Crippen molar-refractivity contribution in [2.75, 3.05) is 46.5 Å². The Hall–Kier alpha value is -4.28. The lowest BCUT2D eigenvalue weighted by Gasteiger charge is -2.42. The van der Waals surface area contributed by atoms with Gasteiger partial charge in [0.25, 0.3) is 5.91 Å². The maximum atomic E-state index is 14.0. The second-order valence-corrected chi connectivity index (χ2v) is 13.2. The normalized spacial score (nSPS) is 17.0. The number of benzene rings is 2. The number of hydrogen-bond acceptors (Lipinski definition) is 8. The highest BCUT2D eigenvalue weighted by Crippen LogP contribution is 2.40. The molecule has 2 fully saturated rings. The van der Waals surface area contributed by atoms with Crippen molar-refractivity contribution in [1.29, 1.82) is 5.41 Å². The third-order valence-electron chi connectivity index (χ3n) is 8.95. The van der Waals surface area contributed by atoms with Crippen molar-refractivity contribution >= 4 is 39.1 Å². The molecule has 2 aromatic carbocycles. The Morgan fingerprint density at radius 2 is 1.78 bits per heavy atom. The molecule has 45 heavy (non-hydrogen) atoms. The summed E-state index contributed by atoms with van der Waals surface area (Å²) in [6.07, 6.45) is 0. The number of ether oxygens (including phenoxy) is 2. The number of amides is 1. The monoisotopic (exact) mass is 610 g/mol. The van der Waals surface area contributed by atoms with Crippen LogP contribution in [0.1, 0.15) is 61.9 Å². The topological polar surface area (TPSA) is 128 Å². The largest absolute Gasteiger partial charge is 0.512 e. The summed E-state index contributed by atoms with van der Waals surface area (Å²) in [5, 5.41) is 20.4. The number of nitrogens with one attached hydrogen (secondary N) is 2. The molecule has 0 spiro atoms. The van der Waals surface area contributed by atoms with Crippen LogP contribution >= 0.6 is 0 Å². The van der Waals surface area contributed by atoms with Crippen LogP contribution < -0.4 is 4.74 Å². The molecule has 2 aliphatic heterocycles. The van der Waals surface area contributed by atoms with Crippen molar-refractivity contribution in [3.63, 3.8) is 0 Å². The average Bonchev–Trinajstić information content (AvgIpc) is 3.31. The van der Waals surface area contributed by atoms with Gasteiger partial charge in [0.2, 0.25) is 0 Å². The number of piperazine rings is 1. The molecule has 0 unspecified atom stereocenters. The first kappa shape index (κ1) is 30.7. The Balaban J connectivity index is 1.49. The Kier molecular flexibility index (Phi) is 7.91. The van der Waals surface area contributed by atoms with Crippen LogP contribution in [-0.4, -0.2) is 94.0 Å². The molecule has 4 aromatic rings. The zero-order chi connectivity index (χ0) is 32.2. The number of aromatic nitrogens is 3. The molecule has 0 saturated carbocycles. The number of nitrogens with zero attached hydrogens (tertiary/aromatic N) is 4. The number of aromatic amines is 1. The molecule has 0 bridgehead atoms. The summed E-state index contributed by atoms with van der Waals surface area (Å²) in [6.45, 7) is 16.1. The van der Waals surface area contributed by atoms with E-state index in [-0.39, 0.29) is 22.8 Å². The molecule has 6 rings (SSSR count). The van der Waals surface area contributed by atoms with Crippen LogP contribution in [0.3, 0.4) is 0 Å². The van der Waals surface area contributed by atoms with Crippen LogP contribution in [0.4, 0.5) is 0 Å². The maximum absolute atomic E-state index is 14.0. The number of carbonyl (C=O) groups excluding carboxylic acids is 1. The summed E-state index contributed by atoms with van der Waals surface area (Å²) in [5.41, 5.74) is 5.76. The maximum Gasteiger partial charge on any atom is 0.253 e. The highest BCUT2D eigenvalue weighted by molar-refractivity contribution is 6.23. The van der Waals surface area contributed by atoms with Crippen LogP contribution in [0, 0.1) is 12.3 Å². The molecule has 2 aliphatic rings. The minimum absolute atomic E-state index is 0.0276. The lowest BCUT2D eigenvalue weighted by Crippen LogP contribution is -2.57. The van der Waals surface area contributed by atoms with Gasteiger partial charge in [-0.05, 0) is 62.1 Å². The number of methoxy groups -OCH3 is 1. The number of aryl methyl sites for hydroxylation is 1. The third-order valence-corrected chi connectivity index (χ3v) is 8.95. The molecule has 0 radical (unpaired) electrons. The molecule has 1 amide bonds. The fourth-order valence-electron chi connectivity index (χ4n) is 6.40. The lowest BCUT2D eigenvalue weighted by atomic mass is 9.84. The van der Waals surface area contributed by atoms with Gasteiger partial charge in [0.1, 0.15) is 17.2 Å². The average molecular weight is 611 g/mol. The van der Waals surface area contributed by atoms with Gasteiger partial charge < -0.3 is 29.9 Å². The molecule has 10 heteroatoms. The van der Waals surface area contributed by atoms with E-state index in [0.717, 1.165) is 59.4 Å². The number of fused-ring (bicyclic) bond motifs is 3. The molecule has 0 aliphatic carbocycles. The fraction of sp³-hybridized carbons (Fsp3) is 0.429. The minimum atomic E-state index is -0.205. The molecular formula is C35H42N6O4. The molecule has 2 saturated heterocycles. The van der Waals surface area contributed by atoms with Crippen LogP contribution in [0.25, 0.3) is 38.8 Å². The number of carbonyl (C=O) groups is 1. The number of hydrogen-bond donors (Lipinski definition) is 3. The van der Waals surface area contributed by atoms with Gasteiger partial charge in [0.15, 0.2) is 0 Å². The van der Waals surface area contributed by atoms with Crippen molar-refractivity contribution in [1.82, 2.24) is 24.8 Å². The number of rotatable bonds is 6. The Morgan fingerprint density at radius 3 is 2.36 bits per heavy atom. The second kappa shape index (κ2) is 11.6. The fourth-order valence-corrected chi connectivity index (χ4v) is 6.40. The van der Waals surface area contributed by atoms with Gasteiger partial charge >= 0.3 is 0 Å². The molecule has 4 heterocycles. The molecular weight excluding hydrogens is 568 g/mol. The number of H-pyrrole nitrogens is 1. The van der Waals surface area contributed by atoms with Crippen LogP contribution in [0.2, 0.25) is 0 Å². The molecule has 0 atom stereocenters. The Labute approximate surface area is 263 Å². The van der Waals surface area contributed by atoms with Crippen LogP contribution in [0.15, 0.2) is 36.1 Å². The van der Waals surface area contributed by atoms with Crippen molar-refractivity contribution in [2.24, 2.45) is 0 Å². The SMILES string of the molecule is COc1cc2c(cc1/C(C(C)=N)=C(\C)O)[nH]c1nc(C)nc(-c3cc(C(=O)N4CCN(C5COC5)CC4)cc(C(C)(C)C)c3)c12. The van der Waals surface area contributed by atoms with Crippen LogP contribution in [-0.2, 0) is 10.2 Å². The molecule has 2 aromatic heterocycles. The summed E-state index contributed by atoms with van der Waals surface area (Å²) in [4.78, 5) is 31.5. The summed E-state index contributed by atoms with van der Waals surface area (Å²) in [7, 11) is 1.58. The van der Waals surface area contributed by atoms with Crippen LogP contribution in [0.5, 0.6) is 5.75 Å².